The first-order valence-corrected chi connectivity index (χ1v) is 8.51. The van der Waals surface area contributed by atoms with Gasteiger partial charge in [0.2, 0.25) is 0 Å². The lowest BCUT2D eigenvalue weighted by atomic mass is 9.82. The summed E-state index contributed by atoms with van der Waals surface area (Å²) in [6.07, 6.45) is 9.75. The zero-order chi connectivity index (χ0) is 14.4. The Morgan fingerprint density at radius 3 is 2.55 bits per heavy atom. The summed E-state index contributed by atoms with van der Waals surface area (Å²) in [4.78, 5) is 0. The molecule has 20 heavy (non-hydrogen) atoms. The highest BCUT2D eigenvalue weighted by Gasteiger charge is 2.20. The lowest BCUT2D eigenvalue weighted by molar-refractivity contribution is 0.299. The highest BCUT2D eigenvalue weighted by atomic mass is 14.9. The smallest absolute Gasteiger partial charge is 0.0325 e. The minimum absolute atomic E-state index is 0.554. The molecule has 0 saturated heterocycles. The summed E-state index contributed by atoms with van der Waals surface area (Å²) < 4.78 is 0. The van der Waals surface area contributed by atoms with Crippen LogP contribution >= 0.6 is 0 Å². The van der Waals surface area contributed by atoms with E-state index < -0.39 is 0 Å². The molecule has 0 aromatic heterocycles. The number of benzene rings is 1. The standard InChI is InChI=1S/C19H31N/c1-4-12-20-19(14-17-8-6-5-7-9-17)18-11-10-15(2)13-16(18)3/h10-11,13,17,19-20H,4-9,12,14H2,1-3H3. The van der Waals surface area contributed by atoms with Crippen molar-refractivity contribution >= 4 is 0 Å². The van der Waals surface area contributed by atoms with Gasteiger partial charge in [-0.25, -0.2) is 0 Å². The second-order valence-corrected chi connectivity index (χ2v) is 6.61. The van der Waals surface area contributed by atoms with Gasteiger partial charge >= 0.3 is 0 Å². The van der Waals surface area contributed by atoms with E-state index in [1.807, 2.05) is 0 Å². The molecule has 112 valence electrons. The third-order valence-electron chi connectivity index (χ3n) is 4.74. The van der Waals surface area contributed by atoms with Crippen LogP contribution in [0.15, 0.2) is 18.2 Å². The van der Waals surface area contributed by atoms with Crippen LogP contribution in [-0.4, -0.2) is 6.54 Å². The van der Waals surface area contributed by atoms with E-state index in [9.17, 15) is 0 Å². The Bertz CT molecular complexity index is 404. The molecule has 1 atom stereocenters. The van der Waals surface area contributed by atoms with Crippen LogP contribution in [-0.2, 0) is 0 Å². The largest absolute Gasteiger partial charge is 0.310 e. The first kappa shape index (κ1) is 15.6. The first-order valence-electron chi connectivity index (χ1n) is 8.51. The predicted octanol–water partition coefficient (Wildman–Crippen LogP) is 5.31. The van der Waals surface area contributed by atoms with Crippen LogP contribution in [0, 0.1) is 19.8 Å². The number of rotatable bonds is 6. The van der Waals surface area contributed by atoms with Gasteiger partial charge in [-0.15, -0.1) is 0 Å². The summed E-state index contributed by atoms with van der Waals surface area (Å²) in [7, 11) is 0. The average molecular weight is 273 g/mol. The zero-order valence-corrected chi connectivity index (χ0v) is 13.5. The molecular weight excluding hydrogens is 242 g/mol. The summed E-state index contributed by atoms with van der Waals surface area (Å²) in [5.74, 6) is 0.929. The molecule has 2 rings (SSSR count). The fourth-order valence-electron chi connectivity index (χ4n) is 3.61. The van der Waals surface area contributed by atoms with Crippen LogP contribution in [0.5, 0.6) is 0 Å². The van der Waals surface area contributed by atoms with Crippen LogP contribution < -0.4 is 5.32 Å². The van der Waals surface area contributed by atoms with Crippen LogP contribution in [0.3, 0.4) is 0 Å². The molecule has 0 heterocycles. The molecule has 0 bridgehead atoms. The third kappa shape index (κ3) is 4.34. The van der Waals surface area contributed by atoms with E-state index in [0.717, 1.165) is 12.5 Å². The molecule has 0 amide bonds. The molecule has 1 heteroatoms. The quantitative estimate of drug-likeness (QED) is 0.740. The second-order valence-electron chi connectivity index (χ2n) is 6.61. The molecule has 0 radical (unpaired) electrons. The van der Waals surface area contributed by atoms with E-state index in [-0.39, 0.29) is 0 Å². The minimum Gasteiger partial charge on any atom is -0.310 e. The van der Waals surface area contributed by atoms with E-state index in [1.54, 1.807) is 0 Å². The number of nitrogens with one attached hydrogen (secondary N) is 1. The average Bonchev–Trinajstić information content (AvgIpc) is 2.45. The predicted molar refractivity (Wildman–Crippen MR) is 88.1 cm³/mol. The van der Waals surface area contributed by atoms with Crippen molar-refractivity contribution in [1.82, 2.24) is 5.32 Å². The van der Waals surface area contributed by atoms with Gasteiger partial charge in [-0.2, -0.15) is 0 Å². The summed E-state index contributed by atoms with van der Waals surface area (Å²) in [6, 6.07) is 7.50. The molecule has 1 aromatic rings. The van der Waals surface area contributed by atoms with Gasteiger partial charge in [0.15, 0.2) is 0 Å². The van der Waals surface area contributed by atoms with Crippen molar-refractivity contribution in [2.24, 2.45) is 5.92 Å². The lowest BCUT2D eigenvalue weighted by Gasteiger charge is -2.28. The van der Waals surface area contributed by atoms with Gasteiger partial charge < -0.3 is 5.32 Å². The summed E-state index contributed by atoms with van der Waals surface area (Å²) in [5.41, 5.74) is 4.35. The maximum absolute atomic E-state index is 3.79. The minimum atomic E-state index is 0.554. The maximum Gasteiger partial charge on any atom is 0.0325 e. The number of hydrogen-bond donors (Lipinski definition) is 1. The van der Waals surface area contributed by atoms with Crippen molar-refractivity contribution in [3.05, 3.63) is 34.9 Å². The molecule has 1 aromatic carbocycles. The van der Waals surface area contributed by atoms with Crippen LogP contribution in [0.25, 0.3) is 0 Å². The Morgan fingerprint density at radius 1 is 1.15 bits per heavy atom. The van der Waals surface area contributed by atoms with Gasteiger partial charge in [-0.1, -0.05) is 62.8 Å². The monoisotopic (exact) mass is 273 g/mol. The molecule has 1 aliphatic carbocycles. The van der Waals surface area contributed by atoms with Gasteiger partial charge in [-0.3, -0.25) is 0 Å². The molecule has 0 aliphatic heterocycles. The zero-order valence-electron chi connectivity index (χ0n) is 13.5. The summed E-state index contributed by atoms with van der Waals surface area (Å²) >= 11 is 0. The van der Waals surface area contributed by atoms with E-state index in [4.69, 9.17) is 0 Å². The molecular formula is C19H31N. The Hall–Kier alpha value is -0.820. The Kier molecular flexibility index (Phi) is 6.09. The highest BCUT2D eigenvalue weighted by molar-refractivity contribution is 5.32. The fourth-order valence-corrected chi connectivity index (χ4v) is 3.61. The SMILES string of the molecule is CCCNC(CC1CCCCC1)c1ccc(C)cc1C. The molecule has 1 nitrogen and oxygen atoms in total. The summed E-state index contributed by atoms with van der Waals surface area (Å²) in [5, 5.41) is 3.79. The number of hydrogen-bond acceptors (Lipinski definition) is 1. The Morgan fingerprint density at radius 2 is 1.90 bits per heavy atom. The van der Waals surface area contributed by atoms with Gasteiger partial charge in [0.25, 0.3) is 0 Å². The molecule has 0 spiro atoms. The normalized spacial score (nSPS) is 18.1. The van der Waals surface area contributed by atoms with E-state index >= 15 is 0 Å². The number of aryl methyl sites for hydroxylation is 2. The van der Waals surface area contributed by atoms with Gasteiger partial charge in [-0.05, 0) is 50.3 Å². The van der Waals surface area contributed by atoms with Crippen molar-refractivity contribution in [1.29, 1.82) is 0 Å². The fraction of sp³-hybridized carbons (Fsp3) is 0.684. The van der Waals surface area contributed by atoms with Crippen molar-refractivity contribution in [3.63, 3.8) is 0 Å². The van der Waals surface area contributed by atoms with Crippen molar-refractivity contribution in [2.75, 3.05) is 6.54 Å². The Labute approximate surface area is 125 Å². The van der Waals surface area contributed by atoms with Crippen LogP contribution in [0.4, 0.5) is 0 Å². The molecule has 1 saturated carbocycles. The molecule has 1 aliphatic rings. The van der Waals surface area contributed by atoms with Crippen LogP contribution in [0.2, 0.25) is 0 Å². The Balaban J connectivity index is 2.08. The second kappa shape index (κ2) is 7.83. The maximum atomic E-state index is 3.79. The van der Waals surface area contributed by atoms with Gasteiger partial charge in [0.1, 0.15) is 0 Å². The van der Waals surface area contributed by atoms with Crippen LogP contribution in [0.1, 0.15) is 74.6 Å². The van der Waals surface area contributed by atoms with E-state index in [0.29, 0.717) is 6.04 Å². The summed E-state index contributed by atoms with van der Waals surface area (Å²) in [6.45, 7) is 7.84. The molecule has 1 fully saturated rings. The van der Waals surface area contributed by atoms with Gasteiger partial charge in [0, 0.05) is 6.04 Å². The molecule has 1 N–H and O–H groups in total. The van der Waals surface area contributed by atoms with E-state index in [1.165, 1.54) is 61.6 Å². The molecule has 1 unspecified atom stereocenters. The first-order chi connectivity index (χ1) is 9.70. The van der Waals surface area contributed by atoms with Crippen molar-refractivity contribution in [3.8, 4) is 0 Å². The van der Waals surface area contributed by atoms with Crippen molar-refractivity contribution in [2.45, 2.75) is 71.8 Å². The highest BCUT2D eigenvalue weighted by Crippen LogP contribution is 2.33. The topological polar surface area (TPSA) is 12.0 Å². The van der Waals surface area contributed by atoms with E-state index in [2.05, 4.69) is 44.3 Å². The van der Waals surface area contributed by atoms with Crippen molar-refractivity contribution < 1.29 is 0 Å². The van der Waals surface area contributed by atoms with Gasteiger partial charge in [0.05, 0.1) is 0 Å². The lowest BCUT2D eigenvalue weighted by Crippen LogP contribution is -2.26. The third-order valence-corrected chi connectivity index (χ3v) is 4.74.